The van der Waals surface area contributed by atoms with E-state index in [0.717, 1.165) is 21.8 Å². The van der Waals surface area contributed by atoms with Gasteiger partial charge >= 0.3 is 0 Å². The number of nitrogens with two attached hydrogens (primary N) is 1. The fraction of sp³-hybridized carbons (Fsp3) is 0. The Morgan fingerprint density at radius 3 is 1.78 bits per heavy atom. The lowest BCUT2D eigenvalue weighted by atomic mass is 10.2. The molecule has 6 aromatic rings. The number of rotatable bonds is 5. The molecule has 0 radical (unpaired) electrons. The van der Waals surface area contributed by atoms with Crippen LogP contribution in [0.4, 0.5) is 0 Å². The average Bonchev–Trinajstić information content (AvgIpc) is 2.97. The highest BCUT2D eigenvalue weighted by molar-refractivity contribution is 6.34. The van der Waals surface area contributed by atoms with Gasteiger partial charge in [0.05, 0.1) is 33.5 Å². The van der Waals surface area contributed by atoms with Crippen LogP contribution in [-0.2, 0) is 0 Å². The summed E-state index contributed by atoms with van der Waals surface area (Å²) in [5, 5.41) is 11.7. The largest absolute Gasteiger partial charge is 0.455 e. The highest BCUT2D eigenvalue weighted by Gasteiger charge is 2.15. The Kier molecular flexibility index (Phi) is 8.26. The smallest absolute Gasteiger partial charge is 0.254 e. The first-order valence-electron chi connectivity index (χ1n) is 12.2. The van der Waals surface area contributed by atoms with E-state index in [0.29, 0.717) is 33.6 Å². The number of para-hydroxylation sites is 2. The number of primary amides is 1. The van der Waals surface area contributed by atoms with Crippen molar-refractivity contribution >= 4 is 50.9 Å². The number of hydrogen-bond acceptors (Lipinski definition) is 6. The second kappa shape index (κ2) is 12.3. The molecule has 41 heavy (non-hydrogen) atoms. The van der Waals surface area contributed by atoms with Crippen LogP contribution in [0.2, 0.25) is 10.0 Å². The number of pyridine rings is 2. The van der Waals surface area contributed by atoms with Crippen molar-refractivity contribution in [3.8, 4) is 29.1 Å². The lowest BCUT2D eigenvalue weighted by Gasteiger charge is -2.10. The molecule has 2 heterocycles. The SMILES string of the molecule is N#Cc1c(Cl)cccc1Oc1cnc2ccccc2c1.NC(=O)c1c(Cl)cccc1Oc1cnc2ccccc2c1. The third-order valence-corrected chi connectivity index (χ3v) is 6.53. The van der Waals surface area contributed by atoms with Gasteiger partial charge in [-0.1, -0.05) is 71.7 Å². The lowest BCUT2D eigenvalue weighted by molar-refractivity contribution is 0.0998. The number of fused-ring (bicyclic) bond motifs is 2. The topological polar surface area (TPSA) is 111 Å². The van der Waals surface area contributed by atoms with Crippen LogP contribution < -0.4 is 15.2 Å². The zero-order valence-electron chi connectivity index (χ0n) is 21.3. The molecule has 2 aromatic heterocycles. The third kappa shape index (κ3) is 6.36. The Morgan fingerprint density at radius 1 is 0.707 bits per heavy atom. The quantitative estimate of drug-likeness (QED) is 0.220. The molecule has 0 aliphatic carbocycles. The molecule has 0 atom stereocenters. The molecule has 0 saturated carbocycles. The normalized spacial score (nSPS) is 10.4. The Bertz CT molecular complexity index is 1940. The summed E-state index contributed by atoms with van der Waals surface area (Å²) in [7, 11) is 0. The van der Waals surface area contributed by atoms with Gasteiger partial charge in [-0.15, -0.1) is 0 Å². The van der Waals surface area contributed by atoms with Crippen molar-refractivity contribution in [1.29, 1.82) is 5.26 Å². The number of hydrogen-bond donors (Lipinski definition) is 1. The molecule has 0 spiro atoms. The molecular formula is C32H20Cl2N4O3. The molecule has 0 unspecified atom stereocenters. The van der Waals surface area contributed by atoms with Crippen LogP contribution in [-0.4, -0.2) is 15.9 Å². The number of halogens is 2. The maximum atomic E-state index is 11.5. The van der Waals surface area contributed by atoms with E-state index >= 15 is 0 Å². The van der Waals surface area contributed by atoms with Gasteiger partial charge in [0, 0.05) is 10.8 Å². The summed E-state index contributed by atoms with van der Waals surface area (Å²) in [4.78, 5) is 20.1. The summed E-state index contributed by atoms with van der Waals surface area (Å²) >= 11 is 12.0. The van der Waals surface area contributed by atoms with Gasteiger partial charge in [0.1, 0.15) is 40.2 Å². The predicted molar refractivity (Wildman–Crippen MR) is 160 cm³/mol. The second-order valence-electron chi connectivity index (χ2n) is 8.63. The van der Waals surface area contributed by atoms with Crippen molar-refractivity contribution in [2.45, 2.75) is 0 Å². The van der Waals surface area contributed by atoms with Gasteiger partial charge in [-0.3, -0.25) is 14.8 Å². The van der Waals surface area contributed by atoms with Gasteiger partial charge in [0.15, 0.2) is 0 Å². The lowest BCUT2D eigenvalue weighted by Crippen LogP contribution is -2.12. The van der Waals surface area contributed by atoms with E-state index in [1.807, 2.05) is 66.7 Å². The van der Waals surface area contributed by atoms with E-state index in [1.165, 1.54) is 0 Å². The summed E-state index contributed by atoms with van der Waals surface area (Å²) < 4.78 is 11.4. The average molecular weight is 579 g/mol. The monoisotopic (exact) mass is 578 g/mol. The van der Waals surface area contributed by atoms with Crippen molar-refractivity contribution in [1.82, 2.24) is 9.97 Å². The van der Waals surface area contributed by atoms with Crippen LogP contribution in [0.1, 0.15) is 15.9 Å². The first-order valence-corrected chi connectivity index (χ1v) is 13.0. The predicted octanol–water partition coefficient (Wildman–Crippen LogP) is 8.33. The molecule has 4 aromatic carbocycles. The number of amides is 1. The molecule has 1 amide bonds. The van der Waals surface area contributed by atoms with Crippen LogP contribution in [0.15, 0.2) is 109 Å². The van der Waals surface area contributed by atoms with Crippen molar-refractivity contribution in [2.24, 2.45) is 5.73 Å². The minimum Gasteiger partial charge on any atom is -0.455 e. The number of aromatic nitrogens is 2. The minimum atomic E-state index is -0.635. The maximum Gasteiger partial charge on any atom is 0.254 e. The number of ether oxygens (including phenoxy) is 2. The minimum absolute atomic E-state index is 0.160. The van der Waals surface area contributed by atoms with Crippen molar-refractivity contribution in [2.75, 3.05) is 0 Å². The fourth-order valence-corrected chi connectivity index (χ4v) is 4.46. The summed E-state index contributed by atoms with van der Waals surface area (Å²) in [6.07, 6.45) is 3.22. The first-order chi connectivity index (χ1) is 19.9. The summed E-state index contributed by atoms with van der Waals surface area (Å²) in [5.41, 5.74) is 7.58. The van der Waals surface area contributed by atoms with Crippen LogP contribution >= 0.6 is 23.2 Å². The van der Waals surface area contributed by atoms with E-state index in [-0.39, 0.29) is 10.6 Å². The van der Waals surface area contributed by atoms with Crippen LogP contribution in [0.5, 0.6) is 23.0 Å². The highest BCUT2D eigenvalue weighted by atomic mass is 35.5. The second-order valence-corrected chi connectivity index (χ2v) is 9.45. The molecule has 200 valence electrons. The van der Waals surface area contributed by atoms with Crippen LogP contribution in [0.3, 0.4) is 0 Å². The Labute approximate surface area is 245 Å². The van der Waals surface area contributed by atoms with Crippen molar-refractivity contribution in [3.05, 3.63) is 131 Å². The van der Waals surface area contributed by atoms with Crippen LogP contribution in [0, 0.1) is 11.3 Å². The van der Waals surface area contributed by atoms with E-state index < -0.39 is 5.91 Å². The number of nitrogens with zero attached hydrogens (tertiary/aromatic N) is 3. The Morgan fingerprint density at radius 2 is 1.22 bits per heavy atom. The molecule has 2 N–H and O–H groups in total. The number of carbonyl (C=O) groups is 1. The molecule has 0 aliphatic heterocycles. The van der Waals surface area contributed by atoms with Gasteiger partial charge < -0.3 is 15.2 Å². The van der Waals surface area contributed by atoms with Gasteiger partial charge in [-0.25, -0.2) is 0 Å². The summed E-state index contributed by atoms with van der Waals surface area (Å²) in [5.74, 6) is 1.19. The third-order valence-electron chi connectivity index (χ3n) is 5.90. The standard InChI is InChI=1S/C16H11ClN2O2.C16H9ClN2O/c17-12-5-3-7-14(15(12)16(18)20)21-11-8-10-4-1-2-6-13(10)19-9-11;17-14-5-3-7-16(13(14)9-18)20-12-8-11-4-1-2-6-15(11)19-10-12/h1-9H,(H2,18,20);1-8,10H. The zero-order valence-corrected chi connectivity index (χ0v) is 22.8. The van der Waals surface area contributed by atoms with E-state index in [2.05, 4.69) is 9.97 Å². The number of benzene rings is 4. The molecule has 7 nitrogen and oxygen atoms in total. The van der Waals surface area contributed by atoms with Gasteiger partial charge in [0.2, 0.25) is 0 Å². The van der Waals surface area contributed by atoms with E-state index in [4.69, 9.17) is 43.7 Å². The number of carbonyl (C=O) groups excluding carboxylic acids is 1. The Balaban J connectivity index is 0.000000165. The zero-order chi connectivity index (χ0) is 28.8. The summed E-state index contributed by atoms with van der Waals surface area (Å²) in [6, 6.07) is 31.2. The molecule has 0 saturated heterocycles. The van der Waals surface area contributed by atoms with Crippen LogP contribution in [0.25, 0.3) is 21.8 Å². The highest BCUT2D eigenvalue weighted by Crippen LogP contribution is 2.32. The molecular weight excluding hydrogens is 559 g/mol. The van der Waals surface area contributed by atoms with Gasteiger partial charge in [-0.2, -0.15) is 5.26 Å². The number of nitriles is 1. The summed E-state index contributed by atoms with van der Waals surface area (Å²) in [6.45, 7) is 0. The fourth-order valence-electron chi connectivity index (χ4n) is 3.99. The maximum absolute atomic E-state index is 11.5. The van der Waals surface area contributed by atoms with Gasteiger partial charge in [-0.05, 0) is 48.5 Å². The van der Waals surface area contributed by atoms with Crippen molar-refractivity contribution in [3.63, 3.8) is 0 Å². The first kappa shape index (κ1) is 27.4. The molecule has 0 bridgehead atoms. The Hall–Kier alpha value is -5.16. The van der Waals surface area contributed by atoms with E-state index in [1.54, 1.807) is 48.8 Å². The van der Waals surface area contributed by atoms with Gasteiger partial charge in [0.25, 0.3) is 5.91 Å². The molecule has 9 heteroatoms. The van der Waals surface area contributed by atoms with Crippen molar-refractivity contribution < 1.29 is 14.3 Å². The van der Waals surface area contributed by atoms with E-state index in [9.17, 15) is 4.79 Å². The molecule has 0 aliphatic rings. The molecule has 6 rings (SSSR count). The molecule has 0 fully saturated rings.